The Hall–Kier alpha value is -2.18. The number of anilines is 1. The lowest BCUT2D eigenvalue weighted by molar-refractivity contribution is -0.124. The van der Waals surface area contributed by atoms with Crippen LogP contribution >= 0.6 is 0 Å². The van der Waals surface area contributed by atoms with E-state index in [2.05, 4.69) is 0 Å². The van der Waals surface area contributed by atoms with Crippen LogP contribution in [0.3, 0.4) is 0 Å². The molecule has 2 aliphatic rings. The molecule has 2 aliphatic heterocycles. The van der Waals surface area contributed by atoms with Crippen molar-refractivity contribution >= 4 is 21.6 Å². The van der Waals surface area contributed by atoms with Crippen LogP contribution in [-0.4, -0.2) is 38.8 Å². The van der Waals surface area contributed by atoms with Crippen molar-refractivity contribution < 1.29 is 13.2 Å². The van der Waals surface area contributed by atoms with E-state index in [9.17, 15) is 13.2 Å². The molecule has 5 nitrogen and oxygen atoms in total. The average Bonchev–Trinajstić information content (AvgIpc) is 2.85. The molecule has 0 saturated carbocycles. The number of amides is 1. The lowest BCUT2D eigenvalue weighted by Gasteiger charge is -2.38. The number of nitrogens with zero attached hydrogens (tertiary/aromatic N) is 2. The second-order valence-electron chi connectivity index (χ2n) is 6.72. The summed E-state index contributed by atoms with van der Waals surface area (Å²) < 4.78 is 27.5. The van der Waals surface area contributed by atoms with Gasteiger partial charge in [0.15, 0.2) is 0 Å². The highest BCUT2D eigenvalue weighted by atomic mass is 32.2. The average molecular weight is 356 g/mol. The van der Waals surface area contributed by atoms with Gasteiger partial charge in [-0.05, 0) is 36.6 Å². The first-order valence-corrected chi connectivity index (χ1v) is 9.84. The van der Waals surface area contributed by atoms with Gasteiger partial charge >= 0.3 is 0 Å². The van der Waals surface area contributed by atoms with Gasteiger partial charge in [0.05, 0.1) is 10.3 Å². The van der Waals surface area contributed by atoms with Gasteiger partial charge in [-0.3, -0.25) is 4.79 Å². The lowest BCUT2D eigenvalue weighted by Crippen LogP contribution is -2.53. The van der Waals surface area contributed by atoms with Crippen LogP contribution in [-0.2, 0) is 20.2 Å². The number of hydrogen-bond acceptors (Lipinski definition) is 3. The van der Waals surface area contributed by atoms with E-state index in [1.165, 1.54) is 4.31 Å². The lowest BCUT2D eigenvalue weighted by atomic mass is 9.76. The van der Waals surface area contributed by atoms with Crippen LogP contribution in [0.2, 0.25) is 0 Å². The number of sulfonamides is 1. The van der Waals surface area contributed by atoms with Gasteiger partial charge in [-0.1, -0.05) is 36.4 Å². The molecule has 0 bridgehead atoms. The molecular formula is C19H20N2O3S. The molecule has 1 atom stereocenters. The van der Waals surface area contributed by atoms with Crippen LogP contribution in [0, 0.1) is 0 Å². The molecule has 130 valence electrons. The molecule has 2 aromatic rings. The molecule has 6 heteroatoms. The summed E-state index contributed by atoms with van der Waals surface area (Å²) >= 11 is 0. The van der Waals surface area contributed by atoms with Crippen molar-refractivity contribution in [3.8, 4) is 0 Å². The summed E-state index contributed by atoms with van der Waals surface area (Å²) in [6, 6.07) is 16.1. The normalized spacial score (nSPS) is 23.9. The van der Waals surface area contributed by atoms with Crippen LogP contribution in [0.1, 0.15) is 18.4 Å². The largest absolute Gasteiger partial charge is 0.314 e. The summed E-state index contributed by atoms with van der Waals surface area (Å²) in [5.41, 5.74) is 1.05. The van der Waals surface area contributed by atoms with Crippen LogP contribution in [0.5, 0.6) is 0 Å². The van der Waals surface area contributed by atoms with Crippen molar-refractivity contribution in [2.45, 2.75) is 23.2 Å². The molecule has 1 amide bonds. The molecule has 1 unspecified atom stereocenters. The van der Waals surface area contributed by atoms with E-state index in [1.807, 2.05) is 24.3 Å². The third-order valence-electron chi connectivity index (χ3n) is 5.33. The van der Waals surface area contributed by atoms with Gasteiger partial charge in [-0.15, -0.1) is 0 Å². The fraction of sp³-hybridized carbons (Fsp3) is 0.316. The maximum Gasteiger partial charge on any atom is 0.243 e. The Morgan fingerprint density at radius 2 is 1.68 bits per heavy atom. The number of carbonyl (C=O) groups excluding carboxylic acids is 1. The number of likely N-dealkylation sites (N-methyl/N-ethyl adjacent to an activating group) is 1. The van der Waals surface area contributed by atoms with Gasteiger partial charge in [0, 0.05) is 25.8 Å². The minimum atomic E-state index is -3.61. The molecule has 1 fully saturated rings. The first-order valence-electron chi connectivity index (χ1n) is 8.40. The van der Waals surface area contributed by atoms with Crippen LogP contribution < -0.4 is 4.90 Å². The molecule has 2 heterocycles. The first-order chi connectivity index (χ1) is 12.0. The van der Waals surface area contributed by atoms with E-state index in [1.54, 1.807) is 42.3 Å². The molecule has 1 spiro atoms. The van der Waals surface area contributed by atoms with Crippen LogP contribution in [0.25, 0.3) is 0 Å². The highest BCUT2D eigenvalue weighted by Crippen LogP contribution is 2.46. The van der Waals surface area contributed by atoms with E-state index < -0.39 is 15.4 Å². The molecule has 0 N–H and O–H groups in total. The minimum Gasteiger partial charge on any atom is -0.314 e. The second kappa shape index (κ2) is 5.68. The summed E-state index contributed by atoms with van der Waals surface area (Å²) in [4.78, 5) is 15.0. The van der Waals surface area contributed by atoms with Crippen molar-refractivity contribution in [2.24, 2.45) is 0 Å². The van der Waals surface area contributed by atoms with Gasteiger partial charge in [0.25, 0.3) is 0 Å². The number of fused-ring (bicyclic) bond motifs is 2. The van der Waals surface area contributed by atoms with Crippen molar-refractivity contribution in [2.75, 3.05) is 25.0 Å². The fourth-order valence-corrected chi connectivity index (χ4v) is 5.63. The number of rotatable bonds is 2. The molecule has 25 heavy (non-hydrogen) atoms. The number of benzene rings is 2. The number of para-hydroxylation sites is 1. The minimum absolute atomic E-state index is 0.0124. The Morgan fingerprint density at radius 1 is 1.00 bits per heavy atom. The molecule has 0 radical (unpaired) electrons. The molecule has 0 aromatic heterocycles. The van der Waals surface area contributed by atoms with Crippen molar-refractivity contribution in [1.29, 1.82) is 0 Å². The summed E-state index contributed by atoms with van der Waals surface area (Å²) in [7, 11) is -1.84. The van der Waals surface area contributed by atoms with Gasteiger partial charge in [0.1, 0.15) is 0 Å². The van der Waals surface area contributed by atoms with E-state index >= 15 is 0 Å². The van der Waals surface area contributed by atoms with Crippen LogP contribution in [0.15, 0.2) is 59.5 Å². The Bertz CT molecular complexity index is 927. The van der Waals surface area contributed by atoms with Crippen molar-refractivity contribution in [3.63, 3.8) is 0 Å². The summed E-state index contributed by atoms with van der Waals surface area (Å²) in [5.74, 6) is -0.0124. The van der Waals surface area contributed by atoms with E-state index in [4.69, 9.17) is 0 Å². The summed E-state index contributed by atoms with van der Waals surface area (Å²) in [6.07, 6.45) is 1.34. The maximum absolute atomic E-state index is 13.1. The topological polar surface area (TPSA) is 57.7 Å². The number of carbonyl (C=O) groups is 1. The third kappa shape index (κ3) is 2.32. The monoisotopic (exact) mass is 356 g/mol. The quantitative estimate of drug-likeness (QED) is 0.830. The smallest absolute Gasteiger partial charge is 0.243 e. The zero-order chi connectivity index (χ0) is 17.7. The van der Waals surface area contributed by atoms with Gasteiger partial charge in [0.2, 0.25) is 15.9 Å². The maximum atomic E-state index is 13.1. The molecule has 2 aromatic carbocycles. The number of piperidine rings is 1. The predicted octanol–water partition coefficient (Wildman–Crippen LogP) is 2.39. The third-order valence-corrected chi connectivity index (χ3v) is 7.19. The SMILES string of the molecule is CN1C(=O)C2(CCCN(S(=O)(=O)c3ccccc3)C2)c2ccccc21. The Morgan fingerprint density at radius 3 is 2.44 bits per heavy atom. The Balaban J connectivity index is 1.76. The predicted molar refractivity (Wildman–Crippen MR) is 96.0 cm³/mol. The Kier molecular flexibility index (Phi) is 3.70. The fourth-order valence-electron chi connectivity index (χ4n) is 4.07. The summed E-state index contributed by atoms with van der Waals surface area (Å²) in [6.45, 7) is 0.641. The Labute approximate surface area is 147 Å². The van der Waals surface area contributed by atoms with E-state index in [-0.39, 0.29) is 17.3 Å². The summed E-state index contributed by atoms with van der Waals surface area (Å²) in [5, 5.41) is 0. The van der Waals surface area contributed by atoms with Gasteiger partial charge in [-0.2, -0.15) is 4.31 Å². The molecule has 1 saturated heterocycles. The standard InChI is InChI=1S/C19H20N2O3S/c1-20-17-11-6-5-10-16(17)19(18(20)22)12-7-13-21(14-19)25(23,24)15-8-3-2-4-9-15/h2-6,8-11H,7,12-14H2,1H3. The number of hydrogen-bond donors (Lipinski definition) is 0. The van der Waals surface area contributed by atoms with Crippen LogP contribution in [0.4, 0.5) is 5.69 Å². The van der Waals surface area contributed by atoms with E-state index in [0.29, 0.717) is 19.4 Å². The first kappa shape index (κ1) is 16.3. The van der Waals surface area contributed by atoms with Gasteiger partial charge < -0.3 is 4.90 Å². The molecule has 4 rings (SSSR count). The van der Waals surface area contributed by atoms with Gasteiger partial charge in [-0.25, -0.2) is 8.42 Å². The van der Waals surface area contributed by atoms with E-state index in [0.717, 1.165) is 11.3 Å². The highest BCUT2D eigenvalue weighted by Gasteiger charge is 2.53. The highest BCUT2D eigenvalue weighted by molar-refractivity contribution is 7.89. The molecule has 0 aliphatic carbocycles. The molecular weight excluding hydrogens is 336 g/mol. The zero-order valence-electron chi connectivity index (χ0n) is 14.1. The zero-order valence-corrected chi connectivity index (χ0v) is 14.9. The second-order valence-corrected chi connectivity index (χ2v) is 8.66. The van der Waals surface area contributed by atoms with Crippen molar-refractivity contribution in [1.82, 2.24) is 4.31 Å². The van der Waals surface area contributed by atoms with Crippen molar-refractivity contribution in [3.05, 3.63) is 60.2 Å².